The van der Waals surface area contributed by atoms with Gasteiger partial charge in [0, 0.05) is 17.1 Å². The van der Waals surface area contributed by atoms with Gasteiger partial charge < -0.3 is 4.90 Å². The molecule has 5 rings (SSSR count). The molecule has 2 aromatic carbocycles. The van der Waals surface area contributed by atoms with Crippen LogP contribution in [0.2, 0.25) is 0 Å². The molecule has 5 nitrogen and oxygen atoms in total. The molecule has 0 saturated carbocycles. The maximum absolute atomic E-state index is 13.4. The minimum Gasteiger partial charge on any atom is -0.331 e. The van der Waals surface area contributed by atoms with Crippen molar-refractivity contribution in [1.29, 1.82) is 0 Å². The van der Waals surface area contributed by atoms with Gasteiger partial charge in [0.15, 0.2) is 0 Å². The van der Waals surface area contributed by atoms with Crippen LogP contribution in [-0.4, -0.2) is 25.8 Å². The topological polar surface area (TPSA) is 66.5 Å². The lowest BCUT2D eigenvalue weighted by molar-refractivity contribution is -0.132. The molecule has 1 unspecified atom stereocenters. The molecule has 0 aliphatic carbocycles. The Kier molecular flexibility index (Phi) is 6.05. The van der Waals surface area contributed by atoms with Crippen molar-refractivity contribution in [3.05, 3.63) is 105 Å². The molecular weight excluding hydrogens is 472 g/mol. The molecule has 168 valence electrons. The summed E-state index contributed by atoms with van der Waals surface area (Å²) in [5.41, 5.74) is 3.65. The number of hydrogen-bond acceptors (Lipinski definition) is 5. The summed E-state index contributed by atoms with van der Waals surface area (Å²) in [6.07, 6.45) is 1.13. The number of nitrogens with zero attached hydrogens (tertiary/aromatic N) is 1. The molecule has 1 N–H and O–H groups in total. The number of amides is 1. The molecule has 0 saturated heterocycles. The van der Waals surface area contributed by atoms with E-state index in [0.29, 0.717) is 12.2 Å². The average Bonchev–Trinajstić information content (AvgIpc) is 3.53. The molecule has 1 aliphatic heterocycles. The van der Waals surface area contributed by atoms with E-state index in [4.69, 9.17) is 0 Å². The van der Waals surface area contributed by atoms with Crippen molar-refractivity contribution in [3.63, 3.8) is 0 Å². The quantitative estimate of drug-likeness (QED) is 0.394. The monoisotopic (exact) mass is 494 g/mol. The third-order valence-electron chi connectivity index (χ3n) is 5.72. The number of benzene rings is 2. The minimum atomic E-state index is -3.59. The highest BCUT2D eigenvalue weighted by Crippen LogP contribution is 2.38. The number of rotatable bonds is 6. The molecule has 33 heavy (non-hydrogen) atoms. The normalized spacial score (nSPS) is 15.8. The van der Waals surface area contributed by atoms with Gasteiger partial charge >= 0.3 is 0 Å². The number of sulfonamides is 1. The van der Waals surface area contributed by atoms with E-state index in [9.17, 15) is 13.2 Å². The smallest absolute Gasteiger partial charge is 0.271 e. The summed E-state index contributed by atoms with van der Waals surface area (Å²) in [5, 5.41) is 3.83. The summed E-state index contributed by atoms with van der Waals surface area (Å²) in [4.78, 5) is 16.7. The standard InChI is InChI=1S/C25H22N2O3S3/c28-23(17-18-8-10-20(11-9-18)26-33(29,30)24-7-4-15-32-24)27-14-12-22-21(13-16-31-22)25(27)19-5-2-1-3-6-19/h1-11,13,15-16,25-26H,12,14,17H2. The van der Waals surface area contributed by atoms with Crippen LogP contribution < -0.4 is 4.72 Å². The highest BCUT2D eigenvalue weighted by atomic mass is 32.2. The Bertz CT molecular complexity index is 1350. The molecular formula is C25H22N2O3S3. The first kappa shape index (κ1) is 21.9. The molecule has 0 bridgehead atoms. The Hall–Kier alpha value is -2.94. The van der Waals surface area contributed by atoms with Crippen LogP contribution in [-0.2, 0) is 27.7 Å². The highest BCUT2D eigenvalue weighted by Gasteiger charge is 2.32. The van der Waals surface area contributed by atoms with Gasteiger partial charge in [-0.1, -0.05) is 48.5 Å². The zero-order chi connectivity index (χ0) is 22.8. The van der Waals surface area contributed by atoms with Gasteiger partial charge in [0.1, 0.15) is 4.21 Å². The number of carbonyl (C=O) groups excluding carboxylic acids is 1. The van der Waals surface area contributed by atoms with Crippen molar-refractivity contribution in [3.8, 4) is 0 Å². The van der Waals surface area contributed by atoms with Gasteiger partial charge in [0.05, 0.1) is 12.5 Å². The van der Waals surface area contributed by atoms with E-state index in [1.54, 1.807) is 41.0 Å². The maximum atomic E-state index is 13.4. The summed E-state index contributed by atoms with van der Waals surface area (Å²) in [6, 6.07) is 22.5. The Morgan fingerprint density at radius 3 is 2.45 bits per heavy atom. The van der Waals surface area contributed by atoms with E-state index < -0.39 is 10.0 Å². The van der Waals surface area contributed by atoms with E-state index in [-0.39, 0.29) is 22.6 Å². The number of anilines is 1. The Morgan fingerprint density at radius 2 is 1.73 bits per heavy atom. The first-order valence-corrected chi connectivity index (χ1v) is 13.8. The van der Waals surface area contributed by atoms with Gasteiger partial charge in [-0.25, -0.2) is 8.42 Å². The van der Waals surface area contributed by atoms with Crippen LogP contribution in [0.5, 0.6) is 0 Å². The van der Waals surface area contributed by atoms with Crippen LogP contribution in [0.4, 0.5) is 5.69 Å². The van der Waals surface area contributed by atoms with Crippen molar-refractivity contribution in [2.24, 2.45) is 0 Å². The van der Waals surface area contributed by atoms with Gasteiger partial charge in [-0.05, 0) is 58.1 Å². The first-order chi connectivity index (χ1) is 16.0. The van der Waals surface area contributed by atoms with Gasteiger partial charge in [0.2, 0.25) is 5.91 Å². The lowest BCUT2D eigenvalue weighted by Crippen LogP contribution is -2.40. The van der Waals surface area contributed by atoms with Crippen LogP contribution >= 0.6 is 22.7 Å². The summed E-state index contributed by atoms with van der Waals surface area (Å²) in [5.74, 6) is 0.0626. The second-order valence-electron chi connectivity index (χ2n) is 7.86. The van der Waals surface area contributed by atoms with Crippen LogP contribution in [0.15, 0.2) is 87.8 Å². The largest absolute Gasteiger partial charge is 0.331 e. The summed E-state index contributed by atoms with van der Waals surface area (Å²) in [7, 11) is -3.59. The van der Waals surface area contributed by atoms with E-state index in [1.807, 2.05) is 35.2 Å². The molecule has 1 amide bonds. The molecule has 0 spiro atoms. The van der Waals surface area contributed by atoms with Crippen LogP contribution in [0.1, 0.15) is 27.6 Å². The number of fused-ring (bicyclic) bond motifs is 1. The maximum Gasteiger partial charge on any atom is 0.271 e. The van der Waals surface area contributed by atoms with Crippen LogP contribution in [0, 0.1) is 0 Å². The summed E-state index contributed by atoms with van der Waals surface area (Å²) >= 11 is 2.92. The van der Waals surface area contributed by atoms with Crippen molar-refractivity contribution < 1.29 is 13.2 Å². The molecule has 0 fully saturated rings. The van der Waals surface area contributed by atoms with E-state index >= 15 is 0 Å². The number of thiophene rings is 2. The fraction of sp³-hybridized carbons (Fsp3) is 0.160. The summed E-state index contributed by atoms with van der Waals surface area (Å²) < 4.78 is 27.7. The third-order valence-corrected chi connectivity index (χ3v) is 9.50. The van der Waals surface area contributed by atoms with E-state index in [0.717, 1.165) is 17.5 Å². The van der Waals surface area contributed by atoms with E-state index in [1.165, 1.54) is 21.8 Å². The number of nitrogens with one attached hydrogen (secondary N) is 1. The number of carbonyl (C=O) groups is 1. The average molecular weight is 495 g/mol. The SMILES string of the molecule is O=C(Cc1ccc(NS(=O)(=O)c2cccs2)cc1)N1CCc2sccc2C1c1ccccc1. The van der Waals surface area contributed by atoms with Crippen molar-refractivity contribution >= 4 is 44.3 Å². The van der Waals surface area contributed by atoms with Gasteiger partial charge in [-0.2, -0.15) is 0 Å². The van der Waals surface area contributed by atoms with E-state index in [2.05, 4.69) is 28.3 Å². The summed E-state index contributed by atoms with van der Waals surface area (Å²) in [6.45, 7) is 0.685. The fourth-order valence-electron chi connectivity index (χ4n) is 4.17. The molecule has 3 heterocycles. The Labute approximate surface area is 201 Å². The lowest BCUT2D eigenvalue weighted by atomic mass is 9.92. The van der Waals surface area contributed by atoms with Gasteiger partial charge in [-0.3, -0.25) is 9.52 Å². The molecule has 4 aromatic rings. The van der Waals surface area contributed by atoms with Gasteiger partial charge in [-0.15, -0.1) is 22.7 Å². The van der Waals surface area contributed by atoms with Crippen LogP contribution in [0.25, 0.3) is 0 Å². The highest BCUT2D eigenvalue weighted by molar-refractivity contribution is 7.94. The second-order valence-corrected chi connectivity index (χ2v) is 11.7. The predicted molar refractivity (Wildman–Crippen MR) is 133 cm³/mol. The minimum absolute atomic E-state index is 0.0626. The van der Waals surface area contributed by atoms with Crippen molar-refractivity contribution in [2.45, 2.75) is 23.1 Å². The second kappa shape index (κ2) is 9.13. The molecule has 1 atom stereocenters. The van der Waals surface area contributed by atoms with Gasteiger partial charge in [0.25, 0.3) is 10.0 Å². The zero-order valence-corrected chi connectivity index (χ0v) is 20.1. The lowest BCUT2D eigenvalue weighted by Gasteiger charge is -2.36. The first-order valence-electron chi connectivity index (χ1n) is 10.6. The van der Waals surface area contributed by atoms with Crippen molar-refractivity contribution in [2.75, 3.05) is 11.3 Å². The zero-order valence-electron chi connectivity index (χ0n) is 17.7. The third kappa shape index (κ3) is 4.59. The fourth-order valence-corrected chi connectivity index (χ4v) is 7.12. The molecule has 2 aromatic heterocycles. The Balaban J connectivity index is 1.33. The molecule has 8 heteroatoms. The molecule has 0 radical (unpaired) electrons. The Morgan fingerprint density at radius 1 is 0.939 bits per heavy atom. The number of hydrogen-bond donors (Lipinski definition) is 1. The molecule has 1 aliphatic rings. The van der Waals surface area contributed by atoms with Crippen molar-refractivity contribution in [1.82, 2.24) is 4.90 Å². The van der Waals surface area contributed by atoms with Crippen LogP contribution in [0.3, 0.4) is 0 Å². The predicted octanol–water partition coefficient (Wildman–Crippen LogP) is 5.33.